The third kappa shape index (κ3) is 2.80. The fraction of sp³-hybridized carbons (Fsp3) is 0.500. The number of rotatable bonds is 2. The number of nitrogens with zero attached hydrogens (tertiary/aromatic N) is 2. The predicted molar refractivity (Wildman–Crippen MR) is 72.9 cm³/mol. The summed E-state index contributed by atoms with van der Waals surface area (Å²) in [5.41, 5.74) is 0.471. The summed E-state index contributed by atoms with van der Waals surface area (Å²) in [5, 5.41) is 8.75. The van der Waals surface area contributed by atoms with Crippen LogP contribution in [0.15, 0.2) is 29.2 Å². The summed E-state index contributed by atoms with van der Waals surface area (Å²) in [6.45, 7) is 4.60. The van der Waals surface area contributed by atoms with E-state index in [9.17, 15) is 8.42 Å². The quantitative estimate of drug-likeness (QED) is 0.834. The number of benzene rings is 1. The van der Waals surface area contributed by atoms with E-state index in [1.807, 2.05) is 13.0 Å². The van der Waals surface area contributed by atoms with Gasteiger partial charge < -0.3 is 0 Å². The fourth-order valence-corrected chi connectivity index (χ4v) is 4.20. The highest BCUT2D eigenvalue weighted by molar-refractivity contribution is 7.89. The number of hydrogen-bond acceptors (Lipinski definition) is 3. The van der Waals surface area contributed by atoms with Crippen molar-refractivity contribution in [1.29, 1.82) is 5.26 Å². The van der Waals surface area contributed by atoms with Gasteiger partial charge in [0.1, 0.15) is 0 Å². The molecule has 1 saturated heterocycles. The first-order valence-electron chi connectivity index (χ1n) is 6.47. The minimum absolute atomic E-state index is 0.0387. The number of hydrogen-bond donors (Lipinski definition) is 0. The Morgan fingerprint density at radius 1 is 1.21 bits per heavy atom. The van der Waals surface area contributed by atoms with Gasteiger partial charge in [-0.25, -0.2) is 8.42 Å². The van der Waals surface area contributed by atoms with Gasteiger partial charge in [-0.2, -0.15) is 9.57 Å². The molecule has 0 aromatic heterocycles. The topological polar surface area (TPSA) is 61.2 Å². The van der Waals surface area contributed by atoms with E-state index >= 15 is 0 Å². The van der Waals surface area contributed by atoms with Gasteiger partial charge in [-0.3, -0.25) is 0 Å². The number of sulfonamides is 1. The molecule has 19 heavy (non-hydrogen) atoms. The molecule has 1 fully saturated rings. The van der Waals surface area contributed by atoms with Crippen LogP contribution in [0.4, 0.5) is 0 Å². The summed E-state index contributed by atoms with van der Waals surface area (Å²) in [6.07, 6.45) is 1.97. The van der Waals surface area contributed by atoms with Crippen molar-refractivity contribution in [3.8, 4) is 6.07 Å². The molecule has 0 saturated carbocycles. The summed E-state index contributed by atoms with van der Waals surface area (Å²) < 4.78 is 26.8. The Kier molecular flexibility index (Phi) is 3.93. The van der Waals surface area contributed by atoms with E-state index in [1.165, 1.54) is 12.1 Å². The Morgan fingerprint density at radius 2 is 1.84 bits per heavy atom. The Labute approximate surface area is 114 Å². The van der Waals surface area contributed by atoms with Crippen molar-refractivity contribution in [2.75, 3.05) is 6.54 Å². The molecule has 0 amide bonds. The second-order valence-corrected chi connectivity index (χ2v) is 7.13. The van der Waals surface area contributed by atoms with Crippen molar-refractivity contribution in [3.63, 3.8) is 0 Å². The van der Waals surface area contributed by atoms with Crippen LogP contribution in [-0.2, 0) is 10.0 Å². The van der Waals surface area contributed by atoms with Gasteiger partial charge >= 0.3 is 0 Å². The lowest BCUT2D eigenvalue weighted by Crippen LogP contribution is -2.44. The Balaban J connectivity index is 2.33. The molecule has 0 unspecified atom stereocenters. The SMILES string of the molecule is C[C@@H]1CC[C@@H](C)N(S(=O)(=O)c2ccc(C#N)cc2)C1. The van der Waals surface area contributed by atoms with Crippen molar-refractivity contribution >= 4 is 10.0 Å². The smallest absolute Gasteiger partial charge is 0.207 e. The second-order valence-electron chi connectivity index (χ2n) is 5.24. The van der Waals surface area contributed by atoms with E-state index < -0.39 is 10.0 Å². The van der Waals surface area contributed by atoms with Crippen LogP contribution in [0.1, 0.15) is 32.3 Å². The second kappa shape index (κ2) is 5.32. The van der Waals surface area contributed by atoms with Crippen molar-refractivity contribution in [2.24, 2.45) is 5.92 Å². The van der Waals surface area contributed by atoms with Gasteiger partial charge in [0.15, 0.2) is 0 Å². The summed E-state index contributed by atoms with van der Waals surface area (Å²) in [4.78, 5) is 0.271. The van der Waals surface area contributed by atoms with E-state index in [0.717, 1.165) is 12.8 Å². The number of piperidine rings is 1. The third-order valence-electron chi connectivity index (χ3n) is 3.65. The van der Waals surface area contributed by atoms with Crippen molar-refractivity contribution in [2.45, 2.75) is 37.6 Å². The van der Waals surface area contributed by atoms with Gasteiger partial charge in [-0.05, 0) is 49.9 Å². The van der Waals surface area contributed by atoms with Crippen molar-refractivity contribution in [1.82, 2.24) is 4.31 Å². The van der Waals surface area contributed by atoms with Crippen LogP contribution in [-0.4, -0.2) is 25.3 Å². The summed E-state index contributed by atoms with van der Waals surface area (Å²) in [7, 11) is -3.45. The van der Waals surface area contributed by atoms with E-state index in [4.69, 9.17) is 5.26 Å². The summed E-state index contributed by atoms with van der Waals surface area (Å²) in [6, 6.07) is 8.15. The average Bonchev–Trinajstić information content (AvgIpc) is 2.41. The highest BCUT2D eigenvalue weighted by Crippen LogP contribution is 2.27. The van der Waals surface area contributed by atoms with Crippen LogP contribution in [0.2, 0.25) is 0 Å². The van der Waals surface area contributed by atoms with Gasteiger partial charge in [0.05, 0.1) is 16.5 Å². The summed E-state index contributed by atoms with van der Waals surface area (Å²) in [5.74, 6) is 0.393. The molecule has 0 bridgehead atoms. The molecule has 1 aromatic rings. The molecule has 102 valence electrons. The van der Waals surface area contributed by atoms with Crippen LogP contribution in [0.3, 0.4) is 0 Å². The van der Waals surface area contributed by atoms with Gasteiger partial charge in [0.2, 0.25) is 10.0 Å². The van der Waals surface area contributed by atoms with Crippen LogP contribution in [0, 0.1) is 17.2 Å². The number of nitriles is 1. The zero-order chi connectivity index (χ0) is 14.0. The van der Waals surface area contributed by atoms with Gasteiger partial charge in [0, 0.05) is 12.6 Å². The highest BCUT2D eigenvalue weighted by Gasteiger charge is 2.33. The largest absolute Gasteiger partial charge is 0.243 e. The zero-order valence-corrected chi connectivity index (χ0v) is 12.0. The molecular formula is C14H18N2O2S. The maximum absolute atomic E-state index is 12.6. The molecule has 5 heteroatoms. The van der Waals surface area contributed by atoms with Gasteiger partial charge in [-0.1, -0.05) is 6.92 Å². The molecule has 0 aliphatic carbocycles. The molecule has 0 spiro atoms. The lowest BCUT2D eigenvalue weighted by molar-refractivity contribution is 0.218. The van der Waals surface area contributed by atoms with Crippen LogP contribution >= 0.6 is 0 Å². The molecule has 2 atom stereocenters. The van der Waals surface area contributed by atoms with Crippen molar-refractivity contribution in [3.05, 3.63) is 29.8 Å². The first kappa shape index (κ1) is 14.0. The lowest BCUT2D eigenvalue weighted by atomic mass is 9.97. The highest BCUT2D eigenvalue weighted by atomic mass is 32.2. The first-order valence-corrected chi connectivity index (χ1v) is 7.91. The predicted octanol–water partition coefficient (Wildman–Crippen LogP) is 2.37. The minimum atomic E-state index is -3.45. The first-order chi connectivity index (χ1) is 8.95. The molecular weight excluding hydrogens is 260 g/mol. The molecule has 1 aliphatic heterocycles. The zero-order valence-electron chi connectivity index (χ0n) is 11.2. The van der Waals surface area contributed by atoms with Crippen molar-refractivity contribution < 1.29 is 8.42 Å². The minimum Gasteiger partial charge on any atom is -0.207 e. The van der Waals surface area contributed by atoms with Crippen LogP contribution < -0.4 is 0 Å². The van der Waals surface area contributed by atoms with E-state index in [0.29, 0.717) is 18.0 Å². The van der Waals surface area contributed by atoms with Gasteiger partial charge in [-0.15, -0.1) is 0 Å². The molecule has 0 N–H and O–H groups in total. The van der Waals surface area contributed by atoms with E-state index in [-0.39, 0.29) is 10.9 Å². The molecule has 1 aliphatic rings. The maximum atomic E-state index is 12.6. The Morgan fingerprint density at radius 3 is 2.42 bits per heavy atom. The Bertz CT molecular complexity index is 587. The molecule has 1 heterocycles. The fourth-order valence-electron chi connectivity index (χ4n) is 2.42. The summed E-state index contributed by atoms with van der Waals surface area (Å²) >= 11 is 0. The third-order valence-corrected chi connectivity index (χ3v) is 5.64. The van der Waals surface area contributed by atoms with Gasteiger partial charge in [0.25, 0.3) is 0 Å². The van der Waals surface area contributed by atoms with E-state index in [1.54, 1.807) is 16.4 Å². The standard InChI is InChI=1S/C14H18N2O2S/c1-11-3-4-12(2)16(10-11)19(17,18)14-7-5-13(9-15)6-8-14/h5-8,11-12H,3-4,10H2,1-2H3/t11-,12-/m1/s1. The van der Waals surface area contributed by atoms with E-state index in [2.05, 4.69) is 6.92 Å². The van der Waals surface area contributed by atoms with Crippen LogP contribution in [0.25, 0.3) is 0 Å². The molecule has 2 rings (SSSR count). The molecule has 0 radical (unpaired) electrons. The lowest BCUT2D eigenvalue weighted by Gasteiger charge is -2.35. The molecule has 4 nitrogen and oxygen atoms in total. The monoisotopic (exact) mass is 278 g/mol. The van der Waals surface area contributed by atoms with Crippen LogP contribution in [0.5, 0.6) is 0 Å². The average molecular weight is 278 g/mol. The maximum Gasteiger partial charge on any atom is 0.243 e. The molecule has 1 aromatic carbocycles. The Hall–Kier alpha value is -1.38. The normalized spacial score (nSPS) is 24.9.